The van der Waals surface area contributed by atoms with Crippen LogP contribution < -0.4 is 5.32 Å². The van der Waals surface area contributed by atoms with Gasteiger partial charge in [0.05, 0.1) is 13.2 Å². The Balaban J connectivity index is 1.76. The van der Waals surface area contributed by atoms with Crippen molar-refractivity contribution in [2.45, 2.75) is 24.9 Å². The zero-order valence-electron chi connectivity index (χ0n) is 11.4. The van der Waals surface area contributed by atoms with E-state index < -0.39 is 12.0 Å². The summed E-state index contributed by atoms with van der Waals surface area (Å²) in [5.41, 5.74) is 0.189. The van der Waals surface area contributed by atoms with Gasteiger partial charge in [0.1, 0.15) is 6.04 Å². The minimum absolute atomic E-state index is 0.165. The quantitative estimate of drug-likeness (QED) is 0.816. The molecule has 2 amide bonds. The number of carbonyl (C=O) groups excluding carboxylic acids is 2. The summed E-state index contributed by atoms with van der Waals surface area (Å²) in [5, 5.41) is 2.87. The van der Waals surface area contributed by atoms with Crippen LogP contribution in [0, 0.1) is 5.95 Å². The summed E-state index contributed by atoms with van der Waals surface area (Å²) < 4.78 is 18.4. The molecule has 0 bridgehead atoms. The van der Waals surface area contributed by atoms with E-state index in [1.807, 2.05) is 0 Å². The van der Waals surface area contributed by atoms with Crippen LogP contribution in [0.15, 0.2) is 18.3 Å². The highest BCUT2D eigenvalue weighted by molar-refractivity contribution is 5.97. The van der Waals surface area contributed by atoms with Crippen LogP contribution in [-0.2, 0) is 9.53 Å². The van der Waals surface area contributed by atoms with Crippen LogP contribution in [0.5, 0.6) is 0 Å². The highest BCUT2D eigenvalue weighted by Crippen LogP contribution is 2.20. The maximum atomic E-state index is 13.1. The number of morpholine rings is 1. The molecule has 3 rings (SSSR count). The molecule has 0 radical (unpaired) electrons. The molecule has 1 atom stereocenters. The Kier molecular flexibility index (Phi) is 3.83. The van der Waals surface area contributed by atoms with Crippen molar-refractivity contribution in [2.75, 3.05) is 19.8 Å². The Hall–Kier alpha value is -2.02. The highest BCUT2D eigenvalue weighted by atomic mass is 19.1. The van der Waals surface area contributed by atoms with Gasteiger partial charge in [-0.1, -0.05) is 0 Å². The summed E-state index contributed by atoms with van der Waals surface area (Å²) in [5.74, 6) is -1.30. The van der Waals surface area contributed by atoms with E-state index in [4.69, 9.17) is 4.74 Å². The van der Waals surface area contributed by atoms with Crippen molar-refractivity contribution in [3.63, 3.8) is 0 Å². The zero-order chi connectivity index (χ0) is 14.8. The molecule has 7 heteroatoms. The number of rotatable bonds is 3. The van der Waals surface area contributed by atoms with Gasteiger partial charge in [0.2, 0.25) is 11.9 Å². The van der Waals surface area contributed by atoms with E-state index in [1.165, 1.54) is 17.2 Å². The van der Waals surface area contributed by atoms with Crippen LogP contribution in [0.3, 0.4) is 0 Å². The molecule has 2 fully saturated rings. The maximum absolute atomic E-state index is 13.1. The summed E-state index contributed by atoms with van der Waals surface area (Å²) in [6.07, 6.45) is 3.19. The first-order chi connectivity index (χ1) is 10.1. The Morgan fingerprint density at radius 1 is 1.43 bits per heavy atom. The van der Waals surface area contributed by atoms with E-state index in [-0.39, 0.29) is 30.0 Å². The SMILES string of the molecule is O=C(NC1CC1)C1COCCN1C(=O)c1ccnc(F)c1. The molecule has 2 heterocycles. The number of pyridine rings is 1. The van der Waals surface area contributed by atoms with Gasteiger partial charge in [0.25, 0.3) is 5.91 Å². The third kappa shape index (κ3) is 3.18. The summed E-state index contributed by atoms with van der Waals surface area (Å²) in [6, 6.07) is 2.07. The van der Waals surface area contributed by atoms with Gasteiger partial charge in [0, 0.05) is 30.4 Å². The number of nitrogens with one attached hydrogen (secondary N) is 1. The van der Waals surface area contributed by atoms with Crippen molar-refractivity contribution >= 4 is 11.8 Å². The molecule has 1 aromatic rings. The molecule has 1 aromatic heterocycles. The smallest absolute Gasteiger partial charge is 0.254 e. The average molecular weight is 293 g/mol. The van der Waals surface area contributed by atoms with Gasteiger partial charge in [0.15, 0.2) is 0 Å². The number of halogens is 1. The van der Waals surface area contributed by atoms with Crippen molar-refractivity contribution < 1.29 is 18.7 Å². The van der Waals surface area contributed by atoms with Crippen LogP contribution in [0.1, 0.15) is 23.2 Å². The Morgan fingerprint density at radius 2 is 2.24 bits per heavy atom. The molecule has 1 aliphatic heterocycles. The highest BCUT2D eigenvalue weighted by Gasteiger charge is 2.35. The topological polar surface area (TPSA) is 71.5 Å². The van der Waals surface area contributed by atoms with E-state index in [9.17, 15) is 14.0 Å². The lowest BCUT2D eigenvalue weighted by molar-refractivity contribution is -0.130. The molecule has 21 heavy (non-hydrogen) atoms. The first-order valence-electron chi connectivity index (χ1n) is 6.96. The van der Waals surface area contributed by atoms with Gasteiger partial charge < -0.3 is 15.0 Å². The third-order valence-electron chi connectivity index (χ3n) is 3.59. The van der Waals surface area contributed by atoms with E-state index >= 15 is 0 Å². The van der Waals surface area contributed by atoms with Gasteiger partial charge in [-0.25, -0.2) is 4.98 Å². The fourth-order valence-electron chi connectivity index (χ4n) is 2.29. The number of aromatic nitrogens is 1. The molecule has 2 aliphatic rings. The molecule has 1 unspecified atom stereocenters. The number of nitrogens with zero attached hydrogens (tertiary/aromatic N) is 2. The van der Waals surface area contributed by atoms with Gasteiger partial charge >= 0.3 is 0 Å². The van der Waals surface area contributed by atoms with Gasteiger partial charge in [-0.2, -0.15) is 4.39 Å². The lowest BCUT2D eigenvalue weighted by Gasteiger charge is -2.34. The number of carbonyl (C=O) groups is 2. The molecule has 6 nitrogen and oxygen atoms in total. The third-order valence-corrected chi connectivity index (χ3v) is 3.59. The fourth-order valence-corrected chi connectivity index (χ4v) is 2.29. The van der Waals surface area contributed by atoms with E-state index in [2.05, 4.69) is 10.3 Å². The van der Waals surface area contributed by atoms with Crippen LogP contribution in [-0.4, -0.2) is 53.5 Å². The first kappa shape index (κ1) is 13.9. The number of amides is 2. The summed E-state index contributed by atoms with van der Waals surface area (Å²) in [6.45, 7) is 0.843. The molecular formula is C14H16FN3O3. The molecule has 1 saturated carbocycles. The molecule has 1 aliphatic carbocycles. The molecule has 1 saturated heterocycles. The van der Waals surface area contributed by atoms with Crippen LogP contribution in [0.25, 0.3) is 0 Å². The largest absolute Gasteiger partial charge is 0.377 e. The van der Waals surface area contributed by atoms with Crippen molar-refractivity contribution in [3.8, 4) is 0 Å². The molecule has 0 spiro atoms. The lowest BCUT2D eigenvalue weighted by atomic mass is 10.1. The van der Waals surface area contributed by atoms with Gasteiger partial charge in [-0.15, -0.1) is 0 Å². The first-order valence-corrected chi connectivity index (χ1v) is 6.96. The normalized spacial score (nSPS) is 22.0. The van der Waals surface area contributed by atoms with Crippen molar-refractivity contribution in [2.24, 2.45) is 0 Å². The second-order valence-corrected chi connectivity index (χ2v) is 5.24. The minimum Gasteiger partial charge on any atom is -0.377 e. The van der Waals surface area contributed by atoms with Crippen molar-refractivity contribution in [3.05, 3.63) is 29.8 Å². The van der Waals surface area contributed by atoms with E-state index in [1.54, 1.807) is 0 Å². The summed E-state index contributed by atoms with van der Waals surface area (Å²) >= 11 is 0. The molecular weight excluding hydrogens is 277 g/mol. The minimum atomic E-state index is -0.715. The van der Waals surface area contributed by atoms with E-state index in [0.717, 1.165) is 18.9 Å². The Morgan fingerprint density at radius 3 is 2.95 bits per heavy atom. The molecule has 1 N–H and O–H groups in total. The van der Waals surface area contributed by atoms with Crippen LogP contribution >= 0.6 is 0 Å². The monoisotopic (exact) mass is 293 g/mol. The van der Waals surface area contributed by atoms with Crippen molar-refractivity contribution in [1.82, 2.24) is 15.2 Å². The van der Waals surface area contributed by atoms with Crippen LogP contribution in [0.4, 0.5) is 4.39 Å². The second-order valence-electron chi connectivity index (χ2n) is 5.24. The van der Waals surface area contributed by atoms with Gasteiger partial charge in [-0.05, 0) is 18.9 Å². The number of hydrogen-bond acceptors (Lipinski definition) is 4. The van der Waals surface area contributed by atoms with Gasteiger partial charge in [-0.3, -0.25) is 9.59 Å². The Labute approximate surface area is 121 Å². The summed E-state index contributed by atoms with van der Waals surface area (Å²) in [4.78, 5) is 29.5. The number of hydrogen-bond donors (Lipinski definition) is 1. The average Bonchev–Trinajstić information content (AvgIpc) is 3.30. The van der Waals surface area contributed by atoms with Crippen molar-refractivity contribution in [1.29, 1.82) is 0 Å². The van der Waals surface area contributed by atoms with E-state index in [0.29, 0.717) is 13.2 Å². The molecule has 112 valence electrons. The molecule has 0 aromatic carbocycles. The standard InChI is InChI=1S/C14H16FN3O3/c15-12-7-9(3-4-16-12)14(20)18-5-6-21-8-11(18)13(19)17-10-1-2-10/h3-4,7,10-11H,1-2,5-6,8H2,(H,17,19). The van der Waals surface area contributed by atoms with Crippen LogP contribution in [0.2, 0.25) is 0 Å². The predicted octanol–water partition coefficient (Wildman–Crippen LogP) is 0.340. The second kappa shape index (κ2) is 5.77. The fraction of sp³-hybridized carbons (Fsp3) is 0.500. The maximum Gasteiger partial charge on any atom is 0.254 e. The summed E-state index contributed by atoms with van der Waals surface area (Å²) in [7, 11) is 0. The Bertz CT molecular complexity index is 562. The predicted molar refractivity (Wildman–Crippen MR) is 71.0 cm³/mol. The zero-order valence-corrected chi connectivity index (χ0v) is 11.4. The number of ether oxygens (including phenoxy) is 1. The lowest BCUT2D eigenvalue weighted by Crippen LogP contribution is -2.56.